The van der Waals surface area contributed by atoms with E-state index in [9.17, 15) is 13.2 Å². The van der Waals surface area contributed by atoms with E-state index in [-0.39, 0.29) is 17.7 Å². The Kier molecular flexibility index (Phi) is 6.11. The summed E-state index contributed by atoms with van der Waals surface area (Å²) >= 11 is 0. The topological polar surface area (TPSA) is 94.8 Å². The Hall–Kier alpha value is -3.78. The van der Waals surface area contributed by atoms with Crippen LogP contribution in [-0.4, -0.2) is 37.7 Å². The number of aromatic nitrogens is 1. The predicted molar refractivity (Wildman–Crippen MR) is 125 cm³/mol. The van der Waals surface area contributed by atoms with Crippen molar-refractivity contribution in [3.05, 3.63) is 78.5 Å². The fourth-order valence-corrected chi connectivity index (χ4v) is 5.18. The minimum absolute atomic E-state index is 0.108. The first-order valence-corrected chi connectivity index (χ1v) is 11.7. The molecule has 0 radical (unpaired) electrons. The highest BCUT2D eigenvalue weighted by Gasteiger charge is 2.22. The van der Waals surface area contributed by atoms with Gasteiger partial charge in [-0.25, -0.2) is 12.4 Å². The average molecular weight is 466 g/mol. The van der Waals surface area contributed by atoms with Crippen LogP contribution in [0.25, 0.3) is 22.0 Å². The molecule has 0 fully saturated rings. The molecule has 7 nitrogen and oxygen atoms in total. The smallest absolute Gasteiger partial charge is 0.303 e. The minimum atomic E-state index is -3.94. The number of ether oxygens (including phenoxy) is 2. The first-order valence-electron chi connectivity index (χ1n) is 10.2. The number of benzene rings is 3. The summed E-state index contributed by atoms with van der Waals surface area (Å²) in [6.45, 7) is 0. The van der Waals surface area contributed by atoms with E-state index in [1.807, 2.05) is 30.3 Å². The Bertz CT molecular complexity index is 1420. The van der Waals surface area contributed by atoms with Crippen molar-refractivity contribution in [2.45, 2.75) is 17.7 Å². The number of methoxy groups -OCH3 is 2. The first-order chi connectivity index (χ1) is 15.8. The largest absolute Gasteiger partial charge is 0.497 e. The Balaban J connectivity index is 1.81. The lowest BCUT2D eigenvalue weighted by Crippen LogP contribution is -2.12. The molecular formula is C25H23NO6S. The van der Waals surface area contributed by atoms with Crippen LogP contribution >= 0.6 is 0 Å². The molecule has 1 aromatic heterocycles. The van der Waals surface area contributed by atoms with Gasteiger partial charge in [-0.05, 0) is 65.6 Å². The summed E-state index contributed by atoms with van der Waals surface area (Å²) in [6.07, 6.45) is 1.60. The Morgan fingerprint density at radius 3 is 2.27 bits per heavy atom. The molecule has 0 saturated heterocycles. The Morgan fingerprint density at radius 2 is 1.61 bits per heavy atom. The van der Waals surface area contributed by atoms with Gasteiger partial charge >= 0.3 is 5.97 Å². The van der Waals surface area contributed by atoms with Crippen LogP contribution in [0.3, 0.4) is 0 Å². The van der Waals surface area contributed by atoms with E-state index in [1.54, 1.807) is 43.5 Å². The molecule has 1 N–H and O–H groups in total. The summed E-state index contributed by atoms with van der Waals surface area (Å²) in [5, 5.41) is 9.75. The second-order valence-electron chi connectivity index (χ2n) is 7.49. The van der Waals surface area contributed by atoms with Crippen molar-refractivity contribution in [3.8, 4) is 22.6 Å². The van der Waals surface area contributed by atoms with Crippen LogP contribution in [0.5, 0.6) is 11.5 Å². The van der Waals surface area contributed by atoms with E-state index >= 15 is 0 Å². The van der Waals surface area contributed by atoms with Gasteiger partial charge in [0.15, 0.2) is 0 Å². The maximum Gasteiger partial charge on any atom is 0.303 e. The summed E-state index contributed by atoms with van der Waals surface area (Å²) < 4.78 is 39.0. The third kappa shape index (κ3) is 4.42. The van der Waals surface area contributed by atoms with Gasteiger partial charge in [-0.2, -0.15) is 0 Å². The molecule has 0 amide bonds. The molecule has 4 rings (SSSR count). The minimum Gasteiger partial charge on any atom is -0.497 e. The Labute approximate surface area is 191 Å². The van der Waals surface area contributed by atoms with Gasteiger partial charge in [-0.15, -0.1) is 0 Å². The molecule has 0 aliphatic heterocycles. The molecule has 0 aliphatic rings. The fraction of sp³-hybridized carbons (Fsp3) is 0.160. The van der Waals surface area contributed by atoms with Crippen LogP contribution in [0, 0.1) is 0 Å². The van der Waals surface area contributed by atoms with Crippen molar-refractivity contribution in [2.24, 2.45) is 0 Å². The van der Waals surface area contributed by atoms with Crippen molar-refractivity contribution in [2.75, 3.05) is 14.2 Å². The highest BCUT2D eigenvalue weighted by Crippen LogP contribution is 2.31. The first kappa shape index (κ1) is 22.4. The number of hydrogen-bond donors (Lipinski definition) is 1. The zero-order valence-corrected chi connectivity index (χ0v) is 19.0. The highest BCUT2D eigenvalue weighted by molar-refractivity contribution is 7.90. The quantitative estimate of drug-likeness (QED) is 0.409. The fourth-order valence-electron chi connectivity index (χ4n) is 3.74. The van der Waals surface area contributed by atoms with Crippen molar-refractivity contribution in [1.29, 1.82) is 0 Å². The molecule has 3 aromatic carbocycles. The third-order valence-corrected chi connectivity index (χ3v) is 7.15. The lowest BCUT2D eigenvalue weighted by molar-refractivity contribution is -0.136. The van der Waals surface area contributed by atoms with Gasteiger partial charge in [0.2, 0.25) is 0 Å². The van der Waals surface area contributed by atoms with Crippen LogP contribution in [0.15, 0.2) is 77.8 Å². The number of nitrogens with zero attached hydrogens (tertiary/aromatic N) is 1. The summed E-state index contributed by atoms with van der Waals surface area (Å²) in [6, 6.07) is 19.2. The number of rotatable bonds is 8. The summed E-state index contributed by atoms with van der Waals surface area (Å²) in [7, 11) is -0.831. The maximum absolute atomic E-state index is 13.6. The van der Waals surface area contributed by atoms with E-state index in [4.69, 9.17) is 14.6 Å². The summed E-state index contributed by atoms with van der Waals surface area (Å²) in [4.78, 5) is 11.2. The number of aryl methyl sites for hydroxylation is 1. The molecular weight excluding hydrogens is 442 g/mol. The predicted octanol–water partition coefficient (Wildman–Crippen LogP) is 4.58. The number of carboxylic acids is 1. The number of fused-ring (bicyclic) bond motifs is 1. The highest BCUT2D eigenvalue weighted by atomic mass is 32.2. The van der Waals surface area contributed by atoms with Gasteiger partial charge in [-0.1, -0.05) is 24.3 Å². The third-order valence-electron chi connectivity index (χ3n) is 5.48. The second kappa shape index (κ2) is 8.99. The van der Waals surface area contributed by atoms with Crippen molar-refractivity contribution >= 4 is 26.9 Å². The molecule has 170 valence electrons. The molecule has 33 heavy (non-hydrogen) atoms. The van der Waals surface area contributed by atoms with Crippen LogP contribution in [0.2, 0.25) is 0 Å². The average Bonchev–Trinajstić information content (AvgIpc) is 3.21. The van der Waals surface area contributed by atoms with E-state index < -0.39 is 16.0 Å². The summed E-state index contributed by atoms with van der Waals surface area (Å²) in [5.74, 6) is 0.329. The van der Waals surface area contributed by atoms with E-state index in [0.29, 0.717) is 28.0 Å². The van der Waals surface area contributed by atoms with E-state index in [0.717, 1.165) is 11.1 Å². The Morgan fingerprint density at radius 1 is 0.909 bits per heavy atom. The molecule has 4 aromatic rings. The molecule has 0 unspecified atom stereocenters. The molecule has 1 heterocycles. The van der Waals surface area contributed by atoms with Crippen LogP contribution in [0.1, 0.15) is 12.0 Å². The van der Waals surface area contributed by atoms with Gasteiger partial charge in [0.1, 0.15) is 11.5 Å². The zero-order chi connectivity index (χ0) is 23.6. The van der Waals surface area contributed by atoms with Gasteiger partial charge in [-0.3, -0.25) is 4.79 Å². The number of hydrogen-bond acceptors (Lipinski definition) is 5. The van der Waals surface area contributed by atoms with Crippen molar-refractivity contribution < 1.29 is 27.8 Å². The lowest BCUT2D eigenvalue weighted by atomic mass is 10.1. The molecule has 8 heteroatoms. The maximum atomic E-state index is 13.6. The molecule has 0 bridgehead atoms. The normalized spacial score (nSPS) is 11.5. The number of aliphatic carboxylic acids is 1. The van der Waals surface area contributed by atoms with Crippen molar-refractivity contribution in [1.82, 2.24) is 3.97 Å². The molecule has 0 spiro atoms. The second-order valence-corrected chi connectivity index (χ2v) is 9.30. The van der Waals surface area contributed by atoms with E-state index in [1.165, 1.54) is 17.3 Å². The van der Waals surface area contributed by atoms with E-state index in [2.05, 4.69) is 0 Å². The SMILES string of the molecule is COc1ccc(-c2cccc(S(=O)(=O)n3cc(CCC(=O)O)c4cc(OC)ccc43)c2)cc1. The lowest BCUT2D eigenvalue weighted by Gasteiger charge is -2.10. The van der Waals surface area contributed by atoms with Gasteiger partial charge in [0.25, 0.3) is 10.0 Å². The standard InChI is InChI=1S/C25H23NO6S/c1-31-20-9-6-17(7-10-20)18-4-3-5-22(14-18)33(29,30)26-16-19(8-13-25(27)28)23-15-21(32-2)11-12-24(23)26/h3-7,9-12,14-16H,8,13H2,1-2H3,(H,27,28). The van der Waals surface area contributed by atoms with Crippen molar-refractivity contribution in [3.63, 3.8) is 0 Å². The summed E-state index contributed by atoms with van der Waals surface area (Å²) in [5.41, 5.74) is 2.70. The van der Waals surface area contributed by atoms with Crippen LogP contribution in [0.4, 0.5) is 0 Å². The zero-order valence-electron chi connectivity index (χ0n) is 18.2. The van der Waals surface area contributed by atoms with Gasteiger partial charge in [0.05, 0.1) is 24.6 Å². The molecule has 0 saturated carbocycles. The van der Waals surface area contributed by atoms with Crippen LogP contribution in [-0.2, 0) is 21.2 Å². The number of carbonyl (C=O) groups is 1. The monoisotopic (exact) mass is 465 g/mol. The van der Waals surface area contributed by atoms with Gasteiger partial charge in [0, 0.05) is 18.0 Å². The van der Waals surface area contributed by atoms with Crippen LogP contribution < -0.4 is 9.47 Å². The number of carboxylic acid groups (broad SMARTS) is 1. The molecule has 0 aliphatic carbocycles. The van der Waals surface area contributed by atoms with Gasteiger partial charge < -0.3 is 14.6 Å². The molecule has 0 atom stereocenters.